The number of carbonyl (C=O) groups excluding carboxylic acids is 3. The van der Waals surface area contributed by atoms with Crippen molar-refractivity contribution in [3.8, 4) is 11.3 Å². The van der Waals surface area contributed by atoms with E-state index in [1.807, 2.05) is 12.1 Å². The van der Waals surface area contributed by atoms with E-state index in [4.69, 9.17) is 26.1 Å². The summed E-state index contributed by atoms with van der Waals surface area (Å²) >= 11 is 7.17. The number of methoxy groups -OCH3 is 1. The van der Waals surface area contributed by atoms with Gasteiger partial charge in [0.05, 0.1) is 39.5 Å². The van der Waals surface area contributed by atoms with Gasteiger partial charge in [-0.1, -0.05) is 57.2 Å². The van der Waals surface area contributed by atoms with Crippen molar-refractivity contribution in [2.24, 2.45) is 5.41 Å². The van der Waals surface area contributed by atoms with E-state index >= 15 is 0 Å². The minimum Gasteiger partial charge on any atom is -0.453 e. The Labute approximate surface area is 330 Å². The van der Waals surface area contributed by atoms with Crippen molar-refractivity contribution < 1.29 is 32.3 Å². The number of thiazole rings is 1. The number of halogens is 1. The molecule has 2 amide bonds. The second-order valence-corrected chi connectivity index (χ2v) is 24.3. The predicted octanol–water partition coefficient (Wildman–Crippen LogP) is 8.46. The van der Waals surface area contributed by atoms with Gasteiger partial charge in [-0.15, -0.1) is 11.3 Å². The molecule has 3 heterocycles. The van der Waals surface area contributed by atoms with Gasteiger partial charge in [-0.2, -0.15) is 0 Å². The van der Waals surface area contributed by atoms with Gasteiger partial charge in [-0.25, -0.2) is 23.2 Å². The van der Waals surface area contributed by atoms with Crippen LogP contribution >= 0.6 is 22.9 Å². The Morgan fingerprint density at radius 2 is 1.76 bits per heavy atom. The Bertz CT molecular complexity index is 2290. The van der Waals surface area contributed by atoms with Gasteiger partial charge in [0.2, 0.25) is 25.9 Å². The number of anilines is 2. The lowest BCUT2D eigenvalue weighted by Gasteiger charge is -2.24. The van der Waals surface area contributed by atoms with E-state index in [0.29, 0.717) is 45.5 Å². The lowest BCUT2D eigenvalue weighted by atomic mass is 9.87. The van der Waals surface area contributed by atoms with Crippen LogP contribution in [0.3, 0.4) is 0 Å². The third-order valence-corrected chi connectivity index (χ3v) is 14.1. The van der Waals surface area contributed by atoms with Gasteiger partial charge >= 0.3 is 6.09 Å². The number of benzene rings is 2. The van der Waals surface area contributed by atoms with E-state index in [1.165, 1.54) is 19.4 Å². The molecule has 0 aliphatic carbocycles. The first-order chi connectivity index (χ1) is 25.9. The van der Waals surface area contributed by atoms with Gasteiger partial charge in [-0.05, 0) is 68.3 Å². The molecule has 5 rings (SSSR count). The third-order valence-electron chi connectivity index (χ3n) is 8.93. The Morgan fingerprint density at radius 1 is 1.02 bits per heavy atom. The molecule has 0 unspecified atom stereocenters. The van der Waals surface area contributed by atoms with Crippen LogP contribution in [-0.2, 0) is 30.8 Å². The van der Waals surface area contributed by atoms with Crippen molar-refractivity contribution in [1.82, 2.24) is 19.5 Å². The van der Waals surface area contributed by atoms with E-state index in [0.717, 1.165) is 22.1 Å². The maximum Gasteiger partial charge on any atom is 0.411 e. The number of ketones is 1. The van der Waals surface area contributed by atoms with E-state index < -0.39 is 41.1 Å². The van der Waals surface area contributed by atoms with Crippen LogP contribution in [0, 0.1) is 12.3 Å². The number of hydrogen-bond acceptors (Lipinski definition) is 11. The highest BCUT2D eigenvalue weighted by Crippen LogP contribution is 2.36. The molecule has 0 fully saturated rings. The summed E-state index contributed by atoms with van der Waals surface area (Å²) in [5.74, 6) is -0.936. The van der Waals surface area contributed by atoms with Crippen molar-refractivity contribution in [3.05, 3.63) is 83.0 Å². The number of ether oxygens (including phenoxy) is 2. The smallest absolute Gasteiger partial charge is 0.411 e. The number of para-hydroxylation sites is 1. The monoisotopic (exact) mass is 824 g/mol. The number of pyridine rings is 1. The van der Waals surface area contributed by atoms with Crippen LogP contribution in [0.2, 0.25) is 30.7 Å². The van der Waals surface area contributed by atoms with Gasteiger partial charge in [0.15, 0.2) is 5.82 Å². The zero-order valence-electron chi connectivity index (χ0n) is 31.9. The molecular weight excluding hydrogens is 780 g/mol. The van der Waals surface area contributed by atoms with Gasteiger partial charge in [0.1, 0.15) is 12.4 Å². The average molecular weight is 825 g/mol. The Morgan fingerprint density at radius 3 is 2.44 bits per heavy atom. The van der Waals surface area contributed by atoms with Crippen molar-refractivity contribution in [2.75, 3.05) is 30.1 Å². The molecule has 0 radical (unpaired) electrons. The molecule has 5 aromatic rings. The molecule has 3 aromatic heterocycles. The first-order valence-corrected chi connectivity index (χ1v) is 24.1. The number of aromatic nitrogens is 4. The molecule has 292 valence electrons. The highest BCUT2D eigenvalue weighted by molar-refractivity contribution is 7.93. The van der Waals surface area contributed by atoms with E-state index in [2.05, 4.69) is 40.2 Å². The van der Waals surface area contributed by atoms with E-state index in [1.54, 1.807) is 61.7 Å². The number of fused-ring (bicyclic) bond motifs is 1. The number of nitrogens with zero attached hydrogens (tertiary/aromatic N) is 4. The summed E-state index contributed by atoms with van der Waals surface area (Å²) in [6, 6.07) is 16.1. The molecular formula is C38H45ClN6O7S2Si. The van der Waals surface area contributed by atoms with Gasteiger partial charge in [-0.3, -0.25) is 19.9 Å². The maximum atomic E-state index is 14.0. The normalized spacial score (nSPS) is 12.1. The molecule has 0 spiro atoms. The molecule has 0 atom stereocenters. The largest absolute Gasteiger partial charge is 0.453 e. The topological polar surface area (TPSA) is 171 Å². The minimum atomic E-state index is -3.68. The molecule has 55 heavy (non-hydrogen) atoms. The van der Waals surface area contributed by atoms with Crippen LogP contribution in [0.25, 0.3) is 21.5 Å². The fraction of sp³-hybridized carbons (Fsp3) is 0.368. The van der Waals surface area contributed by atoms with Crippen molar-refractivity contribution in [2.45, 2.75) is 70.4 Å². The fourth-order valence-corrected chi connectivity index (χ4v) is 9.09. The van der Waals surface area contributed by atoms with Crippen molar-refractivity contribution >= 4 is 80.2 Å². The predicted molar refractivity (Wildman–Crippen MR) is 219 cm³/mol. The Kier molecular flexibility index (Phi) is 13.0. The van der Waals surface area contributed by atoms with Crippen molar-refractivity contribution in [3.63, 3.8) is 0 Å². The number of nitrogens with one attached hydrogen (secondary N) is 2. The number of sulfone groups is 1. The third kappa shape index (κ3) is 10.4. The summed E-state index contributed by atoms with van der Waals surface area (Å²) in [5.41, 5.74) is 1.82. The van der Waals surface area contributed by atoms with Gasteiger partial charge in [0.25, 0.3) is 0 Å². The zero-order chi connectivity index (χ0) is 40.1. The summed E-state index contributed by atoms with van der Waals surface area (Å²) in [4.78, 5) is 53.3. The van der Waals surface area contributed by atoms with Gasteiger partial charge < -0.3 is 19.4 Å². The van der Waals surface area contributed by atoms with Crippen LogP contribution in [0.5, 0.6) is 0 Å². The Balaban J connectivity index is 1.44. The molecule has 2 aromatic carbocycles. The number of hydrogen-bond donors (Lipinski definition) is 2. The molecule has 13 nitrogen and oxygen atoms in total. The average Bonchev–Trinajstić information content (AvgIpc) is 3.71. The van der Waals surface area contributed by atoms with E-state index in [-0.39, 0.29) is 41.2 Å². The fourth-order valence-electron chi connectivity index (χ4n) is 5.56. The zero-order valence-corrected chi connectivity index (χ0v) is 35.2. The SMILES string of the molecule is COC(=O)Nc1ccc(-c2nc(C(=O)c3ccc(Cl)cn3)n(COCC[Si](C)(C)C)c2C)c(NC(=O)C(C)(C)CCCS(=O)(=O)c2nc3ccccc3s2)c1. The van der Waals surface area contributed by atoms with Gasteiger partial charge in [0, 0.05) is 43.2 Å². The van der Waals surface area contributed by atoms with Crippen LogP contribution in [-0.4, -0.2) is 73.3 Å². The minimum absolute atomic E-state index is 0.0502. The molecule has 0 saturated carbocycles. The maximum absolute atomic E-state index is 14.0. The summed E-state index contributed by atoms with van der Waals surface area (Å²) in [6.45, 7) is 12.6. The molecule has 0 aliphatic rings. The lowest BCUT2D eigenvalue weighted by molar-refractivity contribution is -0.124. The molecule has 0 saturated heterocycles. The van der Waals surface area contributed by atoms with Crippen LogP contribution < -0.4 is 10.6 Å². The summed E-state index contributed by atoms with van der Waals surface area (Å²) in [6.07, 6.45) is 1.13. The molecule has 17 heteroatoms. The number of rotatable bonds is 16. The Hall–Kier alpha value is -4.48. The second-order valence-electron chi connectivity index (χ2n) is 14.9. The molecule has 0 bridgehead atoms. The summed E-state index contributed by atoms with van der Waals surface area (Å²) in [7, 11) is -3.84. The van der Waals surface area contributed by atoms with Crippen LogP contribution in [0.4, 0.5) is 16.2 Å². The number of imidazole rings is 1. The number of amides is 2. The number of carbonyl (C=O) groups is 3. The summed E-state index contributed by atoms with van der Waals surface area (Å²) < 4.78 is 39.8. The quantitative estimate of drug-likeness (QED) is 0.0559. The standard InChI is InChI=1S/C38H45ClN6O7S2Si/c1-24-32(44-34(33(46)29-16-13-25(39)22-40-29)45(24)23-52-18-20-55(5,6)7)27-15-14-26(41-36(48)51-4)21-30(27)42-35(47)38(2,3)17-10-19-54(49,50)37-43-28-11-8-9-12-31(28)53-37/h8-9,11-16,21-22H,10,17-20,23H2,1-7H3,(H,41,48)(H,42,47). The molecule has 0 aliphatic heterocycles. The van der Waals surface area contributed by atoms with E-state index in [9.17, 15) is 22.8 Å². The van der Waals surface area contributed by atoms with Crippen LogP contribution in [0.15, 0.2) is 65.1 Å². The highest BCUT2D eigenvalue weighted by atomic mass is 35.5. The van der Waals surface area contributed by atoms with Crippen LogP contribution in [0.1, 0.15) is 48.7 Å². The van der Waals surface area contributed by atoms with Crippen molar-refractivity contribution in [1.29, 1.82) is 0 Å². The lowest BCUT2D eigenvalue weighted by Crippen LogP contribution is -2.31. The second kappa shape index (κ2) is 17.1. The first kappa shape index (κ1) is 41.7. The first-order valence-electron chi connectivity index (χ1n) is 17.6. The summed E-state index contributed by atoms with van der Waals surface area (Å²) in [5, 5.41) is 5.99. The molecule has 2 N–H and O–H groups in total. The highest BCUT2D eigenvalue weighted by Gasteiger charge is 2.31.